The summed E-state index contributed by atoms with van der Waals surface area (Å²) in [6.07, 6.45) is 0.557. The van der Waals surface area contributed by atoms with E-state index in [1.54, 1.807) is 19.0 Å². The number of carbonyl (C=O) groups excluding carboxylic acids is 2. The number of rotatable bonds is 5. The van der Waals surface area contributed by atoms with Gasteiger partial charge >= 0.3 is 5.97 Å². The number of ether oxygens (including phenoxy) is 1. The van der Waals surface area contributed by atoms with Crippen LogP contribution in [0.3, 0.4) is 0 Å². The van der Waals surface area contributed by atoms with Crippen LogP contribution < -0.4 is 4.90 Å². The van der Waals surface area contributed by atoms with Crippen LogP contribution in [0.25, 0.3) is 0 Å². The van der Waals surface area contributed by atoms with Crippen molar-refractivity contribution >= 4 is 17.9 Å². The maximum absolute atomic E-state index is 12.0. The van der Waals surface area contributed by atoms with Gasteiger partial charge in [0.2, 0.25) is 5.76 Å². The Bertz CT molecular complexity index is 602. The molecule has 0 fully saturated rings. The topological polar surface area (TPSA) is 59.8 Å². The lowest BCUT2D eigenvalue weighted by Gasteiger charge is -2.11. The fourth-order valence-electron chi connectivity index (χ4n) is 1.73. The smallest absolute Gasteiger partial charge is 0.376 e. The van der Waals surface area contributed by atoms with Crippen LogP contribution >= 0.6 is 0 Å². The summed E-state index contributed by atoms with van der Waals surface area (Å²) in [6, 6.07) is 10.8. The van der Waals surface area contributed by atoms with Crippen molar-refractivity contribution in [2.75, 3.05) is 19.0 Å². The molecular formula is C15H15NO4. The van der Waals surface area contributed by atoms with Gasteiger partial charge in [-0.25, -0.2) is 4.79 Å². The van der Waals surface area contributed by atoms with Crippen molar-refractivity contribution < 1.29 is 18.7 Å². The van der Waals surface area contributed by atoms with E-state index in [4.69, 9.17) is 9.15 Å². The number of esters is 1. The molecule has 0 saturated carbocycles. The van der Waals surface area contributed by atoms with Crippen LogP contribution in [0.15, 0.2) is 40.8 Å². The van der Waals surface area contributed by atoms with Gasteiger partial charge in [-0.1, -0.05) is 30.3 Å². The molecule has 20 heavy (non-hydrogen) atoms. The molecular weight excluding hydrogens is 258 g/mol. The quantitative estimate of drug-likeness (QED) is 0.619. The van der Waals surface area contributed by atoms with Crippen LogP contribution in [-0.4, -0.2) is 26.4 Å². The molecule has 1 aromatic carbocycles. The van der Waals surface area contributed by atoms with Crippen LogP contribution in [0.5, 0.6) is 0 Å². The summed E-state index contributed by atoms with van der Waals surface area (Å²) in [4.78, 5) is 24.4. The van der Waals surface area contributed by atoms with E-state index in [0.29, 0.717) is 12.0 Å². The normalized spacial score (nSPS) is 10.1. The zero-order chi connectivity index (χ0) is 14.5. The van der Waals surface area contributed by atoms with E-state index in [0.717, 1.165) is 5.56 Å². The minimum Gasteiger partial charge on any atom is -0.455 e. The molecule has 0 amide bonds. The van der Waals surface area contributed by atoms with E-state index >= 15 is 0 Å². The zero-order valence-corrected chi connectivity index (χ0v) is 11.3. The summed E-state index contributed by atoms with van der Waals surface area (Å²) in [5.74, 6) is -0.459. The maximum atomic E-state index is 12.0. The lowest BCUT2D eigenvalue weighted by Crippen LogP contribution is -2.13. The number of hydrogen-bond acceptors (Lipinski definition) is 5. The van der Waals surface area contributed by atoms with Gasteiger partial charge in [0.15, 0.2) is 12.0 Å². The number of hydrogen-bond donors (Lipinski definition) is 0. The Kier molecular flexibility index (Phi) is 4.20. The van der Waals surface area contributed by atoms with E-state index in [9.17, 15) is 9.59 Å². The molecule has 0 bridgehead atoms. The van der Waals surface area contributed by atoms with E-state index < -0.39 is 5.97 Å². The Morgan fingerprint density at radius 1 is 1.30 bits per heavy atom. The first kappa shape index (κ1) is 13.9. The minimum absolute atomic E-state index is 0.0352. The molecule has 0 aliphatic carbocycles. The van der Waals surface area contributed by atoms with Crippen molar-refractivity contribution in [3.05, 3.63) is 53.5 Å². The third-order valence-corrected chi connectivity index (χ3v) is 2.73. The fourth-order valence-corrected chi connectivity index (χ4v) is 1.73. The monoisotopic (exact) mass is 273 g/mol. The van der Waals surface area contributed by atoms with Crippen molar-refractivity contribution in [3.8, 4) is 0 Å². The molecule has 0 radical (unpaired) electrons. The summed E-state index contributed by atoms with van der Waals surface area (Å²) in [7, 11) is 3.51. The van der Waals surface area contributed by atoms with Gasteiger partial charge in [0, 0.05) is 20.2 Å². The molecule has 0 atom stereocenters. The predicted molar refractivity (Wildman–Crippen MR) is 74.0 cm³/mol. The molecule has 0 spiro atoms. The van der Waals surface area contributed by atoms with Crippen LogP contribution in [0.2, 0.25) is 0 Å². The molecule has 1 heterocycles. The molecule has 1 aromatic heterocycles. The third kappa shape index (κ3) is 3.06. The standard InChI is InChI=1S/C15H15NO4/c1-16(2)13-8-12(9-17)20-14(13)15(18)19-10-11-6-4-3-5-7-11/h3-9H,10H2,1-2H3. The highest BCUT2D eigenvalue weighted by atomic mass is 16.5. The van der Waals surface area contributed by atoms with Crippen LogP contribution in [-0.2, 0) is 11.3 Å². The average molecular weight is 273 g/mol. The molecule has 2 aromatic rings. The highest BCUT2D eigenvalue weighted by Crippen LogP contribution is 2.24. The average Bonchev–Trinajstić information content (AvgIpc) is 2.90. The second kappa shape index (κ2) is 6.06. The fraction of sp³-hybridized carbons (Fsp3) is 0.200. The summed E-state index contributed by atoms with van der Waals surface area (Å²) in [6.45, 7) is 0.156. The summed E-state index contributed by atoms with van der Waals surface area (Å²) >= 11 is 0. The first-order chi connectivity index (χ1) is 9.61. The zero-order valence-electron chi connectivity index (χ0n) is 11.3. The van der Waals surface area contributed by atoms with Crippen LogP contribution in [0.1, 0.15) is 26.7 Å². The Morgan fingerprint density at radius 3 is 2.60 bits per heavy atom. The predicted octanol–water partition coefficient (Wildman–Crippen LogP) is 2.52. The number of aldehydes is 1. The first-order valence-electron chi connectivity index (χ1n) is 6.09. The molecule has 2 rings (SSSR count). The van der Waals surface area contributed by atoms with Gasteiger partial charge < -0.3 is 14.1 Å². The Morgan fingerprint density at radius 2 is 2.00 bits per heavy atom. The van der Waals surface area contributed by atoms with Crippen molar-refractivity contribution in [3.63, 3.8) is 0 Å². The largest absolute Gasteiger partial charge is 0.455 e. The molecule has 0 aliphatic heterocycles. The van der Waals surface area contributed by atoms with E-state index in [2.05, 4.69) is 0 Å². The number of anilines is 1. The first-order valence-corrected chi connectivity index (χ1v) is 6.09. The van der Waals surface area contributed by atoms with Gasteiger partial charge in [0.05, 0.1) is 5.69 Å². The van der Waals surface area contributed by atoms with Crippen molar-refractivity contribution in [1.82, 2.24) is 0 Å². The number of carbonyl (C=O) groups is 2. The highest BCUT2D eigenvalue weighted by molar-refractivity contribution is 5.94. The summed E-state index contributed by atoms with van der Waals surface area (Å²) in [5.41, 5.74) is 1.40. The molecule has 5 heteroatoms. The second-order valence-corrected chi connectivity index (χ2v) is 4.44. The summed E-state index contributed by atoms with van der Waals surface area (Å²) < 4.78 is 10.4. The van der Waals surface area contributed by atoms with E-state index in [1.807, 2.05) is 30.3 Å². The van der Waals surface area contributed by atoms with Crippen molar-refractivity contribution in [2.24, 2.45) is 0 Å². The Hall–Kier alpha value is -2.56. The molecule has 5 nitrogen and oxygen atoms in total. The van der Waals surface area contributed by atoms with Gasteiger partial charge in [0.1, 0.15) is 6.61 Å². The lowest BCUT2D eigenvalue weighted by molar-refractivity contribution is 0.0436. The molecule has 0 aliphatic rings. The molecule has 104 valence electrons. The molecule has 0 N–H and O–H groups in total. The number of benzene rings is 1. The molecule has 0 saturated heterocycles. The van der Waals surface area contributed by atoms with Gasteiger partial charge in [-0.05, 0) is 5.56 Å². The number of furan rings is 1. The maximum Gasteiger partial charge on any atom is 0.376 e. The van der Waals surface area contributed by atoms with Crippen molar-refractivity contribution in [1.29, 1.82) is 0 Å². The van der Waals surface area contributed by atoms with Crippen LogP contribution in [0, 0.1) is 0 Å². The highest BCUT2D eigenvalue weighted by Gasteiger charge is 2.21. The molecule has 0 unspecified atom stereocenters. The van der Waals surface area contributed by atoms with Gasteiger partial charge in [-0.15, -0.1) is 0 Å². The van der Waals surface area contributed by atoms with Crippen molar-refractivity contribution in [2.45, 2.75) is 6.61 Å². The lowest BCUT2D eigenvalue weighted by atomic mass is 10.2. The van der Waals surface area contributed by atoms with Gasteiger partial charge in [0.25, 0.3) is 0 Å². The van der Waals surface area contributed by atoms with Gasteiger partial charge in [-0.3, -0.25) is 4.79 Å². The van der Waals surface area contributed by atoms with Gasteiger partial charge in [-0.2, -0.15) is 0 Å². The summed E-state index contributed by atoms with van der Waals surface area (Å²) in [5, 5.41) is 0. The Balaban J connectivity index is 2.12. The minimum atomic E-state index is -0.592. The second-order valence-electron chi connectivity index (χ2n) is 4.44. The SMILES string of the molecule is CN(C)c1cc(C=O)oc1C(=O)OCc1ccccc1. The Labute approximate surface area is 116 Å². The van der Waals surface area contributed by atoms with E-state index in [1.165, 1.54) is 6.07 Å². The number of nitrogens with zero attached hydrogens (tertiary/aromatic N) is 1. The van der Waals surface area contributed by atoms with E-state index in [-0.39, 0.29) is 18.1 Å². The van der Waals surface area contributed by atoms with Crippen LogP contribution in [0.4, 0.5) is 5.69 Å². The third-order valence-electron chi connectivity index (χ3n) is 2.73.